The quantitative estimate of drug-likeness (QED) is 0.803. The molecule has 0 saturated carbocycles. The van der Waals surface area contributed by atoms with E-state index in [0.717, 1.165) is 15.6 Å². The number of halogens is 1. The normalized spacial score (nSPS) is 12.7. The molecule has 1 amide bonds. The van der Waals surface area contributed by atoms with Crippen LogP contribution in [-0.2, 0) is 0 Å². The topological polar surface area (TPSA) is 40.5 Å². The number of amides is 1. The van der Waals surface area contributed by atoms with Crippen LogP contribution in [0, 0.1) is 0 Å². The van der Waals surface area contributed by atoms with Crippen molar-refractivity contribution < 1.29 is 9.90 Å². The van der Waals surface area contributed by atoms with Crippen molar-refractivity contribution in [2.75, 3.05) is 0 Å². The van der Waals surface area contributed by atoms with E-state index >= 15 is 0 Å². The van der Waals surface area contributed by atoms with Crippen LogP contribution < -0.4 is 0 Å². The SMILES string of the molecule is CC(C)(C)N(C(=O)O)C(c1ccccc1)c1ccc(Br)cc1. The Morgan fingerprint density at radius 3 is 1.95 bits per heavy atom. The Balaban J connectivity index is 2.59. The lowest BCUT2D eigenvalue weighted by Gasteiger charge is -2.40. The van der Waals surface area contributed by atoms with Gasteiger partial charge in [-0.2, -0.15) is 0 Å². The smallest absolute Gasteiger partial charge is 0.408 e. The highest BCUT2D eigenvalue weighted by Crippen LogP contribution is 2.34. The minimum atomic E-state index is -0.927. The van der Waals surface area contributed by atoms with Gasteiger partial charge >= 0.3 is 6.09 Å². The van der Waals surface area contributed by atoms with Gasteiger partial charge in [0.1, 0.15) is 0 Å². The molecule has 3 nitrogen and oxygen atoms in total. The van der Waals surface area contributed by atoms with Crippen LogP contribution in [0.2, 0.25) is 0 Å². The summed E-state index contributed by atoms with van der Waals surface area (Å²) in [5, 5.41) is 9.77. The molecule has 1 atom stereocenters. The molecule has 0 aliphatic carbocycles. The van der Waals surface area contributed by atoms with Gasteiger partial charge in [0.15, 0.2) is 0 Å². The molecule has 22 heavy (non-hydrogen) atoms. The lowest BCUT2D eigenvalue weighted by atomic mass is 9.93. The standard InChI is InChI=1S/C18H20BrNO2/c1-18(2,3)20(17(21)22)16(13-7-5-4-6-8-13)14-9-11-15(19)12-10-14/h4-12,16H,1-3H3,(H,21,22). The highest BCUT2D eigenvalue weighted by Gasteiger charge is 2.35. The third kappa shape index (κ3) is 3.69. The van der Waals surface area contributed by atoms with Crippen molar-refractivity contribution in [2.45, 2.75) is 32.4 Å². The van der Waals surface area contributed by atoms with E-state index in [-0.39, 0.29) is 6.04 Å². The van der Waals surface area contributed by atoms with Crippen molar-refractivity contribution in [3.05, 3.63) is 70.2 Å². The average Bonchev–Trinajstić information content (AvgIpc) is 2.45. The number of hydrogen-bond donors (Lipinski definition) is 1. The Morgan fingerprint density at radius 1 is 1.00 bits per heavy atom. The number of nitrogens with zero attached hydrogens (tertiary/aromatic N) is 1. The van der Waals surface area contributed by atoms with Crippen LogP contribution in [0.3, 0.4) is 0 Å². The lowest BCUT2D eigenvalue weighted by molar-refractivity contribution is 0.0810. The first kappa shape index (κ1) is 16.6. The van der Waals surface area contributed by atoms with Crippen LogP contribution >= 0.6 is 15.9 Å². The van der Waals surface area contributed by atoms with Crippen LogP contribution in [-0.4, -0.2) is 21.6 Å². The van der Waals surface area contributed by atoms with Gasteiger partial charge in [-0.25, -0.2) is 4.79 Å². The van der Waals surface area contributed by atoms with Crippen molar-refractivity contribution >= 4 is 22.0 Å². The fourth-order valence-electron chi connectivity index (χ4n) is 2.56. The maximum absolute atomic E-state index is 11.9. The molecule has 0 radical (unpaired) electrons. The van der Waals surface area contributed by atoms with Gasteiger partial charge in [-0.1, -0.05) is 58.4 Å². The molecule has 2 aromatic rings. The Hall–Kier alpha value is -1.81. The van der Waals surface area contributed by atoms with E-state index in [9.17, 15) is 9.90 Å². The van der Waals surface area contributed by atoms with Crippen LogP contribution in [0.25, 0.3) is 0 Å². The summed E-state index contributed by atoms with van der Waals surface area (Å²) >= 11 is 3.43. The van der Waals surface area contributed by atoms with E-state index in [1.54, 1.807) is 0 Å². The molecule has 0 spiro atoms. The van der Waals surface area contributed by atoms with E-state index in [4.69, 9.17) is 0 Å². The molecule has 2 aromatic carbocycles. The van der Waals surface area contributed by atoms with E-state index in [2.05, 4.69) is 15.9 Å². The molecule has 116 valence electrons. The largest absolute Gasteiger partial charge is 0.465 e. The molecule has 2 rings (SSSR count). The van der Waals surface area contributed by atoms with Crippen molar-refractivity contribution in [1.29, 1.82) is 0 Å². The number of carboxylic acid groups (broad SMARTS) is 1. The van der Waals surface area contributed by atoms with E-state index in [0.29, 0.717) is 0 Å². The summed E-state index contributed by atoms with van der Waals surface area (Å²) in [7, 11) is 0. The Labute approximate surface area is 139 Å². The molecule has 1 N–H and O–H groups in total. The predicted octanol–water partition coefficient (Wildman–Crippen LogP) is 5.32. The predicted molar refractivity (Wildman–Crippen MR) is 92.0 cm³/mol. The molecule has 0 aliphatic heterocycles. The molecular formula is C18H20BrNO2. The Kier molecular flexibility index (Phi) is 4.91. The fraction of sp³-hybridized carbons (Fsp3) is 0.278. The summed E-state index contributed by atoms with van der Waals surface area (Å²) in [5.41, 5.74) is 1.40. The van der Waals surface area contributed by atoms with Crippen LogP contribution in [0.15, 0.2) is 59.1 Å². The third-order valence-electron chi connectivity index (χ3n) is 3.49. The van der Waals surface area contributed by atoms with Gasteiger partial charge in [-0.3, -0.25) is 4.90 Å². The zero-order valence-corrected chi connectivity index (χ0v) is 14.5. The minimum Gasteiger partial charge on any atom is -0.465 e. The molecule has 0 aromatic heterocycles. The highest BCUT2D eigenvalue weighted by atomic mass is 79.9. The van der Waals surface area contributed by atoms with Gasteiger partial charge in [0.25, 0.3) is 0 Å². The van der Waals surface area contributed by atoms with Crippen LogP contribution in [0.5, 0.6) is 0 Å². The minimum absolute atomic E-state index is 0.341. The van der Waals surface area contributed by atoms with E-state index in [1.807, 2.05) is 75.4 Å². The summed E-state index contributed by atoms with van der Waals surface area (Å²) < 4.78 is 0.973. The molecule has 0 saturated heterocycles. The Bertz CT molecular complexity index is 632. The number of hydrogen-bond acceptors (Lipinski definition) is 1. The second-order valence-corrected chi connectivity index (χ2v) is 7.10. The summed E-state index contributed by atoms with van der Waals surface area (Å²) in [5.74, 6) is 0. The van der Waals surface area contributed by atoms with Crippen molar-refractivity contribution in [3.8, 4) is 0 Å². The van der Waals surface area contributed by atoms with Gasteiger partial charge in [-0.15, -0.1) is 0 Å². The van der Waals surface area contributed by atoms with Crippen molar-refractivity contribution in [1.82, 2.24) is 4.90 Å². The molecule has 0 fully saturated rings. The molecule has 0 bridgehead atoms. The second-order valence-electron chi connectivity index (χ2n) is 6.19. The number of rotatable bonds is 3. The zero-order valence-electron chi connectivity index (χ0n) is 13.0. The first-order chi connectivity index (χ1) is 10.3. The van der Waals surface area contributed by atoms with Gasteiger partial charge in [0.05, 0.1) is 6.04 Å². The molecule has 1 unspecified atom stereocenters. The summed E-state index contributed by atoms with van der Waals surface area (Å²) in [4.78, 5) is 13.4. The monoisotopic (exact) mass is 361 g/mol. The molecular weight excluding hydrogens is 342 g/mol. The second kappa shape index (κ2) is 6.53. The van der Waals surface area contributed by atoms with E-state index in [1.165, 1.54) is 4.90 Å². The third-order valence-corrected chi connectivity index (χ3v) is 4.02. The first-order valence-corrected chi connectivity index (χ1v) is 7.92. The molecule has 0 aliphatic rings. The lowest BCUT2D eigenvalue weighted by Crippen LogP contribution is -2.47. The number of carbonyl (C=O) groups is 1. The number of benzene rings is 2. The zero-order chi connectivity index (χ0) is 16.3. The molecule has 4 heteroatoms. The van der Waals surface area contributed by atoms with Crippen molar-refractivity contribution in [3.63, 3.8) is 0 Å². The summed E-state index contributed by atoms with van der Waals surface area (Å²) in [6.45, 7) is 5.74. The maximum atomic E-state index is 11.9. The average molecular weight is 362 g/mol. The van der Waals surface area contributed by atoms with Crippen LogP contribution in [0.4, 0.5) is 4.79 Å². The van der Waals surface area contributed by atoms with Crippen molar-refractivity contribution in [2.24, 2.45) is 0 Å². The first-order valence-electron chi connectivity index (χ1n) is 7.13. The van der Waals surface area contributed by atoms with Crippen LogP contribution in [0.1, 0.15) is 37.9 Å². The maximum Gasteiger partial charge on any atom is 0.408 e. The summed E-state index contributed by atoms with van der Waals surface area (Å²) in [6.07, 6.45) is -0.927. The summed E-state index contributed by atoms with van der Waals surface area (Å²) in [6, 6.07) is 17.2. The highest BCUT2D eigenvalue weighted by molar-refractivity contribution is 9.10. The molecule has 0 heterocycles. The fourth-order valence-corrected chi connectivity index (χ4v) is 2.82. The van der Waals surface area contributed by atoms with Gasteiger partial charge in [0, 0.05) is 10.0 Å². The van der Waals surface area contributed by atoms with Gasteiger partial charge in [0.2, 0.25) is 0 Å². The van der Waals surface area contributed by atoms with Gasteiger partial charge in [-0.05, 0) is 44.0 Å². The van der Waals surface area contributed by atoms with E-state index < -0.39 is 11.6 Å². The van der Waals surface area contributed by atoms with Gasteiger partial charge < -0.3 is 5.11 Å². The Morgan fingerprint density at radius 2 is 1.50 bits per heavy atom.